The fourth-order valence-electron chi connectivity index (χ4n) is 5.12. The van der Waals surface area contributed by atoms with Gasteiger partial charge in [-0.25, -0.2) is 0 Å². The van der Waals surface area contributed by atoms with Crippen LogP contribution in [0, 0.1) is 24.7 Å². The van der Waals surface area contributed by atoms with Crippen LogP contribution in [0.1, 0.15) is 44.1 Å². The van der Waals surface area contributed by atoms with Crippen molar-refractivity contribution in [3.63, 3.8) is 0 Å². The molecule has 5 rings (SSSR count). The van der Waals surface area contributed by atoms with Gasteiger partial charge in [0.1, 0.15) is 11.4 Å². The van der Waals surface area contributed by atoms with E-state index in [1.165, 1.54) is 44.1 Å². The monoisotopic (exact) mass is 257 g/mol. The van der Waals surface area contributed by atoms with E-state index in [1.807, 2.05) is 6.07 Å². The lowest BCUT2D eigenvalue weighted by Crippen LogP contribution is -2.53. The minimum atomic E-state index is 0.108. The minimum Gasteiger partial charge on any atom is -0.485 e. The molecule has 0 heterocycles. The Bertz CT molecular complexity index is 473. The third kappa shape index (κ3) is 1.92. The number of rotatable bonds is 2. The molecule has 2 heteroatoms. The molecule has 2 N–H and O–H groups in total. The van der Waals surface area contributed by atoms with Crippen LogP contribution in [0.4, 0.5) is 5.69 Å². The zero-order valence-electron chi connectivity index (χ0n) is 11.7. The van der Waals surface area contributed by atoms with Crippen molar-refractivity contribution in [1.29, 1.82) is 0 Å². The molecule has 0 saturated heterocycles. The molecule has 0 amide bonds. The van der Waals surface area contributed by atoms with Crippen LogP contribution in [0.3, 0.4) is 0 Å². The lowest BCUT2D eigenvalue weighted by atomic mass is 9.54. The first-order valence-electron chi connectivity index (χ1n) is 7.67. The van der Waals surface area contributed by atoms with Gasteiger partial charge >= 0.3 is 0 Å². The summed E-state index contributed by atoms with van der Waals surface area (Å²) in [6.07, 6.45) is 8.12. The lowest BCUT2D eigenvalue weighted by molar-refractivity contribution is -0.107. The largest absolute Gasteiger partial charge is 0.485 e. The number of benzene rings is 1. The van der Waals surface area contributed by atoms with Crippen LogP contribution in [-0.2, 0) is 0 Å². The highest BCUT2D eigenvalue weighted by molar-refractivity contribution is 5.54. The van der Waals surface area contributed by atoms with Gasteiger partial charge in [-0.05, 0) is 80.9 Å². The van der Waals surface area contributed by atoms with E-state index >= 15 is 0 Å². The number of nitrogen functional groups attached to an aromatic ring is 1. The summed E-state index contributed by atoms with van der Waals surface area (Å²) in [6.45, 7) is 2.10. The molecule has 4 saturated carbocycles. The van der Waals surface area contributed by atoms with E-state index in [9.17, 15) is 0 Å². The van der Waals surface area contributed by atoms with Gasteiger partial charge < -0.3 is 10.5 Å². The molecule has 0 aromatic heterocycles. The molecule has 2 nitrogen and oxygen atoms in total. The molecular formula is C17H23NO. The van der Waals surface area contributed by atoms with E-state index in [-0.39, 0.29) is 5.60 Å². The van der Waals surface area contributed by atoms with Crippen LogP contribution in [-0.4, -0.2) is 5.60 Å². The standard InChI is InChI=1S/C17H23NO/c1-11-2-3-15(18)16(4-11)19-17-8-12-5-13(9-17)7-14(6-12)10-17/h2-4,12-14H,5-10,18H2,1H3. The van der Waals surface area contributed by atoms with Crippen LogP contribution < -0.4 is 10.5 Å². The average molecular weight is 257 g/mol. The van der Waals surface area contributed by atoms with Gasteiger partial charge in [0.25, 0.3) is 0 Å². The van der Waals surface area contributed by atoms with Gasteiger partial charge in [-0.15, -0.1) is 0 Å². The van der Waals surface area contributed by atoms with Crippen molar-refractivity contribution < 1.29 is 4.74 Å². The Hall–Kier alpha value is -1.18. The smallest absolute Gasteiger partial charge is 0.143 e. The highest BCUT2D eigenvalue weighted by Crippen LogP contribution is 2.57. The van der Waals surface area contributed by atoms with Crippen molar-refractivity contribution in [1.82, 2.24) is 0 Å². The third-order valence-electron chi connectivity index (χ3n) is 5.48. The Labute approximate surface area is 115 Å². The van der Waals surface area contributed by atoms with Gasteiger partial charge in [-0.2, -0.15) is 0 Å². The Morgan fingerprint density at radius 3 is 2.21 bits per heavy atom. The molecule has 102 valence electrons. The predicted octanol–water partition coefficient (Wildman–Crippen LogP) is 3.92. The third-order valence-corrected chi connectivity index (χ3v) is 5.48. The summed E-state index contributed by atoms with van der Waals surface area (Å²) >= 11 is 0. The highest BCUT2D eigenvalue weighted by atomic mass is 16.5. The highest BCUT2D eigenvalue weighted by Gasteiger charge is 2.52. The number of anilines is 1. The molecule has 4 bridgehead atoms. The van der Waals surface area contributed by atoms with Crippen LogP contribution in [0.25, 0.3) is 0 Å². The van der Waals surface area contributed by atoms with Gasteiger partial charge in [-0.3, -0.25) is 0 Å². The van der Waals surface area contributed by atoms with Gasteiger partial charge in [0.05, 0.1) is 5.69 Å². The molecule has 1 aromatic carbocycles. The van der Waals surface area contributed by atoms with Crippen LogP contribution >= 0.6 is 0 Å². The molecule has 4 fully saturated rings. The summed E-state index contributed by atoms with van der Waals surface area (Å²) in [7, 11) is 0. The first-order valence-corrected chi connectivity index (χ1v) is 7.67. The predicted molar refractivity (Wildman–Crippen MR) is 77.1 cm³/mol. The van der Waals surface area contributed by atoms with Crippen molar-refractivity contribution in [3.05, 3.63) is 23.8 Å². The zero-order chi connectivity index (χ0) is 13.0. The number of aryl methyl sites for hydroxylation is 1. The molecule has 19 heavy (non-hydrogen) atoms. The Morgan fingerprint density at radius 2 is 1.63 bits per heavy atom. The number of ether oxygens (including phenoxy) is 1. The second kappa shape index (κ2) is 3.91. The fraction of sp³-hybridized carbons (Fsp3) is 0.647. The summed E-state index contributed by atoms with van der Waals surface area (Å²) < 4.78 is 6.50. The maximum absolute atomic E-state index is 6.50. The van der Waals surface area contributed by atoms with Crippen LogP contribution in [0.2, 0.25) is 0 Å². The minimum absolute atomic E-state index is 0.108. The van der Waals surface area contributed by atoms with E-state index in [1.54, 1.807) is 0 Å². The van der Waals surface area contributed by atoms with Gasteiger partial charge in [0.2, 0.25) is 0 Å². The molecule has 0 atom stereocenters. The second-order valence-corrected chi connectivity index (χ2v) is 7.24. The molecule has 0 aliphatic heterocycles. The lowest BCUT2D eigenvalue weighted by Gasteiger charge is -2.56. The van der Waals surface area contributed by atoms with Crippen LogP contribution in [0.15, 0.2) is 18.2 Å². The molecule has 1 aromatic rings. The first-order chi connectivity index (χ1) is 9.12. The summed E-state index contributed by atoms with van der Waals surface area (Å²) in [5.74, 6) is 3.66. The maximum atomic E-state index is 6.50. The van der Waals surface area contributed by atoms with E-state index in [0.29, 0.717) is 0 Å². The average Bonchev–Trinajstić information content (AvgIpc) is 2.31. The van der Waals surface area contributed by atoms with E-state index in [4.69, 9.17) is 10.5 Å². The van der Waals surface area contributed by atoms with Crippen molar-refractivity contribution in [2.45, 2.75) is 51.0 Å². The normalized spacial score (nSPS) is 39.5. The van der Waals surface area contributed by atoms with E-state index in [2.05, 4.69) is 19.1 Å². The van der Waals surface area contributed by atoms with Crippen molar-refractivity contribution >= 4 is 5.69 Å². The van der Waals surface area contributed by atoms with E-state index in [0.717, 1.165) is 29.2 Å². The molecule has 4 aliphatic rings. The summed E-state index contributed by atoms with van der Waals surface area (Å²) in [5.41, 5.74) is 8.22. The SMILES string of the molecule is Cc1ccc(N)c(OC23CC4CC(CC(C4)C2)C3)c1. The van der Waals surface area contributed by atoms with Crippen molar-refractivity contribution in [3.8, 4) is 5.75 Å². The molecule has 0 spiro atoms. The Balaban J connectivity index is 1.64. The number of hydrogen-bond acceptors (Lipinski definition) is 2. The van der Waals surface area contributed by atoms with Gasteiger partial charge in [0.15, 0.2) is 0 Å². The van der Waals surface area contributed by atoms with Crippen molar-refractivity contribution in [2.24, 2.45) is 17.8 Å². The molecule has 0 radical (unpaired) electrons. The maximum Gasteiger partial charge on any atom is 0.143 e. The van der Waals surface area contributed by atoms with Gasteiger partial charge in [-0.1, -0.05) is 6.07 Å². The summed E-state index contributed by atoms with van der Waals surface area (Å²) in [6, 6.07) is 6.14. The molecule has 0 unspecified atom stereocenters. The quantitative estimate of drug-likeness (QED) is 0.815. The molecular weight excluding hydrogens is 234 g/mol. The topological polar surface area (TPSA) is 35.2 Å². The second-order valence-electron chi connectivity index (χ2n) is 7.24. The summed E-state index contributed by atoms with van der Waals surface area (Å²) in [5, 5.41) is 0. The number of nitrogens with two attached hydrogens (primary N) is 1. The van der Waals surface area contributed by atoms with Crippen molar-refractivity contribution in [2.75, 3.05) is 5.73 Å². The zero-order valence-corrected chi connectivity index (χ0v) is 11.7. The Kier molecular flexibility index (Phi) is 2.39. The van der Waals surface area contributed by atoms with E-state index < -0.39 is 0 Å². The van der Waals surface area contributed by atoms with Gasteiger partial charge in [0, 0.05) is 0 Å². The van der Waals surface area contributed by atoms with Crippen LogP contribution in [0.5, 0.6) is 5.75 Å². The molecule has 4 aliphatic carbocycles. The fourth-order valence-corrected chi connectivity index (χ4v) is 5.12. The first kappa shape index (κ1) is 11.6. The number of hydrogen-bond donors (Lipinski definition) is 1. The summed E-state index contributed by atoms with van der Waals surface area (Å²) in [4.78, 5) is 0. The Morgan fingerprint density at radius 1 is 1.05 bits per heavy atom.